The highest BCUT2D eigenvalue weighted by Gasteiger charge is 2.07. The fraction of sp³-hybridized carbons (Fsp3) is 0.357. The standard InChI is InChI=1S/C14H17BrN2S/c1-10-14(18-9-17-10)6-5-13(16)8-11-3-2-4-12(15)7-11/h2-4,7,9,13H,5-6,8,16H2,1H3. The first-order chi connectivity index (χ1) is 8.65. The molecule has 0 aliphatic carbocycles. The summed E-state index contributed by atoms with van der Waals surface area (Å²) in [7, 11) is 0. The second-order valence-corrected chi connectivity index (χ2v) is 6.35. The number of hydrogen-bond donors (Lipinski definition) is 1. The average Bonchev–Trinajstić information content (AvgIpc) is 2.72. The van der Waals surface area contributed by atoms with Crippen LogP contribution in [0.4, 0.5) is 0 Å². The van der Waals surface area contributed by atoms with E-state index in [1.54, 1.807) is 11.3 Å². The zero-order valence-corrected chi connectivity index (χ0v) is 12.8. The molecular formula is C14H17BrN2S. The van der Waals surface area contributed by atoms with Crippen LogP contribution >= 0.6 is 27.3 Å². The van der Waals surface area contributed by atoms with Crippen LogP contribution < -0.4 is 5.73 Å². The van der Waals surface area contributed by atoms with Crippen molar-refractivity contribution in [3.8, 4) is 0 Å². The molecule has 2 N–H and O–H groups in total. The normalized spacial score (nSPS) is 12.6. The predicted octanol–water partition coefficient (Wildman–Crippen LogP) is 3.72. The lowest BCUT2D eigenvalue weighted by molar-refractivity contribution is 0.612. The third kappa shape index (κ3) is 3.90. The van der Waals surface area contributed by atoms with Crippen LogP contribution in [0.3, 0.4) is 0 Å². The lowest BCUT2D eigenvalue weighted by atomic mass is 10.0. The third-order valence-electron chi connectivity index (χ3n) is 2.97. The van der Waals surface area contributed by atoms with E-state index < -0.39 is 0 Å². The molecule has 0 radical (unpaired) electrons. The van der Waals surface area contributed by atoms with E-state index in [1.807, 2.05) is 11.6 Å². The third-order valence-corrected chi connectivity index (χ3v) is 4.46. The minimum Gasteiger partial charge on any atom is -0.327 e. The number of aryl methyl sites for hydroxylation is 2. The van der Waals surface area contributed by atoms with Gasteiger partial charge >= 0.3 is 0 Å². The van der Waals surface area contributed by atoms with Gasteiger partial charge in [-0.2, -0.15) is 0 Å². The van der Waals surface area contributed by atoms with E-state index in [2.05, 4.69) is 46.0 Å². The number of rotatable bonds is 5. The largest absolute Gasteiger partial charge is 0.327 e. The molecule has 2 rings (SSSR count). The summed E-state index contributed by atoms with van der Waals surface area (Å²) in [4.78, 5) is 5.62. The molecule has 0 bridgehead atoms. The molecule has 0 saturated carbocycles. The number of halogens is 1. The lowest BCUT2D eigenvalue weighted by Crippen LogP contribution is -2.23. The van der Waals surface area contributed by atoms with Crippen LogP contribution in [0.1, 0.15) is 22.6 Å². The van der Waals surface area contributed by atoms with Gasteiger partial charge in [-0.05, 0) is 43.9 Å². The topological polar surface area (TPSA) is 38.9 Å². The molecule has 0 saturated heterocycles. The van der Waals surface area contributed by atoms with E-state index in [9.17, 15) is 0 Å². The quantitative estimate of drug-likeness (QED) is 0.910. The van der Waals surface area contributed by atoms with Crippen molar-refractivity contribution in [1.29, 1.82) is 0 Å². The molecule has 0 fully saturated rings. The van der Waals surface area contributed by atoms with E-state index >= 15 is 0 Å². The van der Waals surface area contributed by atoms with Gasteiger partial charge in [0.1, 0.15) is 0 Å². The summed E-state index contributed by atoms with van der Waals surface area (Å²) in [6, 6.07) is 8.57. The Balaban J connectivity index is 1.86. The molecule has 1 atom stereocenters. The first-order valence-corrected chi connectivity index (χ1v) is 7.71. The van der Waals surface area contributed by atoms with Gasteiger partial charge in [-0.15, -0.1) is 11.3 Å². The van der Waals surface area contributed by atoms with Gasteiger partial charge in [-0.25, -0.2) is 4.98 Å². The summed E-state index contributed by atoms with van der Waals surface area (Å²) in [5.74, 6) is 0. The Hall–Kier alpha value is -0.710. The molecule has 0 spiro atoms. The Kier molecular flexibility index (Phi) is 4.92. The van der Waals surface area contributed by atoms with Crippen molar-refractivity contribution in [2.75, 3.05) is 0 Å². The Morgan fingerprint density at radius 2 is 2.28 bits per heavy atom. The van der Waals surface area contributed by atoms with Crippen LogP contribution in [0.25, 0.3) is 0 Å². The second-order valence-electron chi connectivity index (χ2n) is 4.49. The van der Waals surface area contributed by atoms with Gasteiger partial charge in [0.15, 0.2) is 0 Å². The van der Waals surface area contributed by atoms with Crippen molar-refractivity contribution in [2.45, 2.75) is 32.2 Å². The van der Waals surface area contributed by atoms with Gasteiger partial charge in [-0.1, -0.05) is 28.1 Å². The first kappa shape index (κ1) is 13.7. The molecular weight excluding hydrogens is 308 g/mol. The van der Waals surface area contributed by atoms with E-state index in [-0.39, 0.29) is 6.04 Å². The van der Waals surface area contributed by atoms with Crippen LogP contribution in [0.2, 0.25) is 0 Å². The number of nitrogens with two attached hydrogens (primary N) is 1. The summed E-state index contributed by atoms with van der Waals surface area (Å²) in [6.07, 6.45) is 2.97. The van der Waals surface area contributed by atoms with Crippen LogP contribution in [-0.4, -0.2) is 11.0 Å². The van der Waals surface area contributed by atoms with Gasteiger partial charge in [0.2, 0.25) is 0 Å². The predicted molar refractivity (Wildman–Crippen MR) is 81.0 cm³/mol. The molecule has 0 amide bonds. The fourth-order valence-corrected chi connectivity index (χ4v) is 3.20. The summed E-state index contributed by atoms with van der Waals surface area (Å²) in [5, 5.41) is 0. The SMILES string of the molecule is Cc1ncsc1CCC(N)Cc1cccc(Br)c1. The van der Waals surface area contributed by atoms with E-state index in [0.717, 1.165) is 29.4 Å². The summed E-state index contributed by atoms with van der Waals surface area (Å²) < 4.78 is 1.12. The molecule has 0 aliphatic heterocycles. The van der Waals surface area contributed by atoms with Crippen molar-refractivity contribution in [3.63, 3.8) is 0 Å². The molecule has 4 heteroatoms. The summed E-state index contributed by atoms with van der Waals surface area (Å²) >= 11 is 5.21. The molecule has 96 valence electrons. The zero-order valence-electron chi connectivity index (χ0n) is 10.4. The fourth-order valence-electron chi connectivity index (χ4n) is 1.95. The van der Waals surface area contributed by atoms with Crippen molar-refractivity contribution >= 4 is 27.3 Å². The highest BCUT2D eigenvalue weighted by Crippen LogP contribution is 2.17. The van der Waals surface area contributed by atoms with Gasteiger partial charge in [0.05, 0.1) is 11.2 Å². The van der Waals surface area contributed by atoms with Gasteiger partial charge in [0, 0.05) is 15.4 Å². The first-order valence-electron chi connectivity index (χ1n) is 6.04. The molecule has 1 aromatic heterocycles. The van der Waals surface area contributed by atoms with Crippen molar-refractivity contribution in [2.24, 2.45) is 5.73 Å². The summed E-state index contributed by atoms with van der Waals surface area (Å²) in [5.41, 5.74) is 10.5. The number of benzene rings is 1. The van der Waals surface area contributed by atoms with Gasteiger partial charge in [-0.3, -0.25) is 0 Å². The van der Waals surface area contributed by atoms with E-state index in [0.29, 0.717) is 0 Å². The molecule has 2 nitrogen and oxygen atoms in total. The second kappa shape index (κ2) is 6.45. The van der Waals surface area contributed by atoms with E-state index in [1.165, 1.54) is 10.4 Å². The molecule has 1 unspecified atom stereocenters. The van der Waals surface area contributed by atoms with Crippen LogP contribution in [-0.2, 0) is 12.8 Å². The summed E-state index contributed by atoms with van der Waals surface area (Å²) in [6.45, 7) is 2.06. The van der Waals surface area contributed by atoms with Crippen LogP contribution in [0.15, 0.2) is 34.2 Å². The average molecular weight is 325 g/mol. The monoisotopic (exact) mass is 324 g/mol. The van der Waals surface area contributed by atoms with Crippen molar-refractivity contribution in [3.05, 3.63) is 50.4 Å². The maximum Gasteiger partial charge on any atom is 0.0797 e. The smallest absolute Gasteiger partial charge is 0.0797 e. The Labute approximate surface area is 120 Å². The van der Waals surface area contributed by atoms with Crippen LogP contribution in [0.5, 0.6) is 0 Å². The molecule has 1 aromatic carbocycles. The number of hydrogen-bond acceptors (Lipinski definition) is 3. The minimum absolute atomic E-state index is 0.209. The Bertz CT molecular complexity index is 510. The number of nitrogens with zero attached hydrogens (tertiary/aromatic N) is 1. The van der Waals surface area contributed by atoms with Gasteiger partial charge < -0.3 is 5.73 Å². The molecule has 18 heavy (non-hydrogen) atoms. The molecule has 2 aromatic rings. The highest BCUT2D eigenvalue weighted by molar-refractivity contribution is 9.10. The lowest BCUT2D eigenvalue weighted by Gasteiger charge is -2.11. The minimum atomic E-state index is 0.209. The zero-order chi connectivity index (χ0) is 13.0. The highest BCUT2D eigenvalue weighted by atomic mass is 79.9. The van der Waals surface area contributed by atoms with Crippen molar-refractivity contribution < 1.29 is 0 Å². The van der Waals surface area contributed by atoms with E-state index in [4.69, 9.17) is 5.73 Å². The number of thiazole rings is 1. The Morgan fingerprint density at radius 1 is 1.44 bits per heavy atom. The maximum atomic E-state index is 6.19. The molecule has 0 aliphatic rings. The van der Waals surface area contributed by atoms with Crippen molar-refractivity contribution in [1.82, 2.24) is 4.98 Å². The molecule has 1 heterocycles. The van der Waals surface area contributed by atoms with Gasteiger partial charge in [0.25, 0.3) is 0 Å². The van der Waals surface area contributed by atoms with Crippen LogP contribution in [0, 0.1) is 6.92 Å². The number of aromatic nitrogens is 1. The Morgan fingerprint density at radius 3 is 2.94 bits per heavy atom. The maximum absolute atomic E-state index is 6.19.